The first kappa shape index (κ1) is 14.4. The summed E-state index contributed by atoms with van der Waals surface area (Å²) in [5, 5.41) is 6.09. The van der Waals surface area contributed by atoms with Crippen molar-refractivity contribution in [3.05, 3.63) is 12.4 Å². The maximum atomic E-state index is 12.2. The quantitative estimate of drug-likeness (QED) is 0.749. The average Bonchev–Trinajstić information content (AvgIpc) is 2.81. The second kappa shape index (κ2) is 5.19. The molecule has 2 heterocycles. The van der Waals surface area contributed by atoms with E-state index in [1.807, 2.05) is 0 Å². The van der Waals surface area contributed by atoms with Gasteiger partial charge in [-0.15, -0.1) is 0 Å². The summed E-state index contributed by atoms with van der Waals surface area (Å²) in [4.78, 5) is 0.127. The van der Waals surface area contributed by atoms with Gasteiger partial charge in [-0.2, -0.15) is 9.40 Å². The van der Waals surface area contributed by atoms with Crippen LogP contribution in [0.25, 0.3) is 0 Å². The molecule has 0 aliphatic carbocycles. The van der Waals surface area contributed by atoms with Crippen molar-refractivity contribution in [3.63, 3.8) is 0 Å². The number of hydrogen-bond acceptors (Lipinski definition) is 5. The van der Waals surface area contributed by atoms with Crippen LogP contribution in [0.3, 0.4) is 0 Å². The number of piperidine rings is 1. The minimum absolute atomic E-state index is 0.127. The number of aromatic amines is 1. The van der Waals surface area contributed by atoms with Crippen LogP contribution in [-0.4, -0.2) is 56.7 Å². The average molecular weight is 308 g/mol. The molecule has 2 rings (SSSR count). The van der Waals surface area contributed by atoms with Crippen molar-refractivity contribution in [2.24, 2.45) is 0 Å². The van der Waals surface area contributed by atoms with Crippen molar-refractivity contribution < 1.29 is 16.8 Å². The highest BCUT2D eigenvalue weighted by Gasteiger charge is 2.30. The van der Waals surface area contributed by atoms with Crippen LogP contribution in [0.5, 0.6) is 0 Å². The molecule has 0 bridgehead atoms. The van der Waals surface area contributed by atoms with Crippen molar-refractivity contribution in [3.8, 4) is 0 Å². The molecule has 19 heavy (non-hydrogen) atoms. The lowest BCUT2D eigenvalue weighted by Crippen LogP contribution is -2.46. The Morgan fingerprint density at radius 3 is 2.42 bits per heavy atom. The molecule has 10 heteroatoms. The molecule has 0 spiro atoms. The lowest BCUT2D eigenvalue weighted by atomic mass is 10.1. The topological polar surface area (TPSA) is 112 Å². The Morgan fingerprint density at radius 2 is 1.95 bits per heavy atom. The molecule has 1 aromatic heterocycles. The van der Waals surface area contributed by atoms with Gasteiger partial charge in [0.05, 0.1) is 12.5 Å². The SMILES string of the molecule is CS(=O)(=O)NC1CCN(S(=O)(=O)c2cn[nH]c2)CC1. The van der Waals surface area contributed by atoms with Gasteiger partial charge in [0, 0.05) is 25.3 Å². The van der Waals surface area contributed by atoms with E-state index in [4.69, 9.17) is 0 Å². The van der Waals surface area contributed by atoms with Gasteiger partial charge in [-0.05, 0) is 12.8 Å². The predicted octanol–water partition coefficient (Wildman–Crippen LogP) is -0.888. The van der Waals surface area contributed by atoms with E-state index in [0.29, 0.717) is 25.9 Å². The zero-order valence-electron chi connectivity index (χ0n) is 10.4. The van der Waals surface area contributed by atoms with Crippen molar-refractivity contribution in [2.45, 2.75) is 23.8 Å². The maximum absolute atomic E-state index is 12.2. The molecule has 1 aliphatic heterocycles. The molecular weight excluding hydrogens is 292 g/mol. The largest absolute Gasteiger partial charge is 0.284 e. The number of aromatic nitrogens is 2. The summed E-state index contributed by atoms with van der Waals surface area (Å²) in [6.07, 6.45) is 4.61. The molecule has 0 aromatic carbocycles. The first-order valence-electron chi connectivity index (χ1n) is 5.75. The van der Waals surface area contributed by atoms with E-state index >= 15 is 0 Å². The minimum Gasteiger partial charge on any atom is -0.284 e. The van der Waals surface area contributed by atoms with Gasteiger partial charge in [0.15, 0.2) is 0 Å². The van der Waals surface area contributed by atoms with Crippen LogP contribution in [0.2, 0.25) is 0 Å². The zero-order chi connectivity index (χ0) is 14.1. The summed E-state index contributed by atoms with van der Waals surface area (Å²) in [6, 6.07) is -0.203. The molecule has 0 radical (unpaired) electrons. The van der Waals surface area contributed by atoms with Crippen LogP contribution in [0, 0.1) is 0 Å². The summed E-state index contributed by atoms with van der Waals surface area (Å²) in [5.41, 5.74) is 0. The first-order valence-corrected chi connectivity index (χ1v) is 9.08. The highest BCUT2D eigenvalue weighted by molar-refractivity contribution is 7.89. The maximum Gasteiger partial charge on any atom is 0.246 e. The molecule has 8 nitrogen and oxygen atoms in total. The van der Waals surface area contributed by atoms with E-state index in [0.717, 1.165) is 6.26 Å². The Morgan fingerprint density at radius 1 is 1.32 bits per heavy atom. The lowest BCUT2D eigenvalue weighted by molar-refractivity contribution is 0.309. The Kier molecular flexibility index (Phi) is 3.95. The number of rotatable bonds is 4. The second-order valence-electron chi connectivity index (χ2n) is 4.50. The summed E-state index contributed by atoms with van der Waals surface area (Å²) in [6.45, 7) is 0.585. The van der Waals surface area contributed by atoms with Crippen molar-refractivity contribution in [2.75, 3.05) is 19.3 Å². The van der Waals surface area contributed by atoms with Crippen LogP contribution in [0.1, 0.15) is 12.8 Å². The van der Waals surface area contributed by atoms with Crippen LogP contribution in [0.4, 0.5) is 0 Å². The number of hydrogen-bond donors (Lipinski definition) is 2. The van der Waals surface area contributed by atoms with E-state index in [1.54, 1.807) is 0 Å². The van der Waals surface area contributed by atoms with E-state index in [1.165, 1.54) is 16.7 Å². The standard InChI is InChI=1S/C9H16N4O4S2/c1-18(14,15)12-8-2-4-13(5-3-8)19(16,17)9-6-10-11-7-9/h6-8,12H,2-5H2,1H3,(H,10,11). The fourth-order valence-corrected chi connectivity index (χ4v) is 4.26. The third-order valence-corrected chi connectivity index (χ3v) is 5.57. The fourth-order valence-electron chi connectivity index (χ4n) is 2.05. The molecule has 0 atom stereocenters. The Balaban J connectivity index is 2.01. The van der Waals surface area contributed by atoms with Gasteiger partial charge in [0.2, 0.25) is 20.0 Å². The Hall–Kier alpha value is -0.970. The van der Waals surface area contributed by atoms with E-state index in [9.17, 15) is 16.8 Å². The van der Waals surface area contributed by atoms with Gasteiger partial charge < -0.3 is 0 Å². The summed E-state index contributed by atoms with van der Waals surface area (Å²) in [5.74, 6) is 0. The van der Waals surface area contributed by atoms with Gasteiger partial charge in [0.1, 0.15) is 4.90 Å². The Bertz CT molecular complexity index is 615. The second-order valence-corrected chi connectivity index (χ2v) is 8.22. The zero-order valence-corrected chi connectivity index (χ0v) is 12.0. The van der Waals surface area contributed by atoms with Crippen LogP contribution in [0.15, 0.2) is 17.3 Å². The molecule has 0 amide bonds. The van der Waals surface area contributed by atoms with Gasteiger partial charge >= 0.3 is 0 Å². The van der Waals surface area contributed by atoms with E-state index in [-0.39, 0.29) is 10.9 Å². The molecule has 0 saturated carbocycles. The van der Waals surface area contributed by atoms with Crippen LogP contribution >= 0.6 is 0 Å². The van der Waals surface area contributed by atoms with Gasteiger partial charge in [-0.3, -0.25) is 5.10 Å². The number of nitrogens with zero attached hydrogens (tertiary/aromatic N) is 2. The smallest absolute Gasteiger partial charge is 0.246 e. The fraction of sp³-hybridized carbons (Fsp3) is 0.667. The third kappa shape index (κ3) is 3.53. The summed E-state index contributed by atoms with van der Waals surface area (Å²) >= 11 is 0. The van der Waals surface area contributed by atoms with Gasteiger partial charge in [-0.25, -0.2) is 21.6 Å². The number of H-pyrrole nitrogens is 1. The highest BCUT2D eigenvalue weighted by atomic mass is 32.2. The van der Waals surface area contributed by atoms with Crippen molar-refractivity contribution in [1.82, 2.24) is 19.2 Å². The molecule has 1 aromatic rings. The monoisotopic (exact) mass is 308 g/mol. The molecule has 1 saturated heterocycles. The highest BCUT2D eigenvalue weighted by Crippen LogP contribution is 2.19. The van der Waals surface area contributed by atoms with Crippen LogP contribution < -0.4 is 4.72 Å². The van der Waals surface area contributed by atoms with E-state index in [2.05, 4.69) is 14.9 Å². The van der Waals surface area contributed by atoms with Crippen LogP contribution in [-0.2, 0) is 20.0 Å². The molecule has 1 aliphatic rings. The van der Waals surface area contributed by atoms with Gasteiger partial charge in [-0.1, -0.05) is 0 Å². The van der Waals surface area contributed by atoms with E-state index < -0.39 is 20.0 Å². The number of nitrogens with one attached hydrogen (secondary N) is 2. The summed E-state index contributed by atoms with van der Waals surface area (Å²) in [7, 11) is -6.78. The minimum atomic E-state index is -3.52. The molecular formula is C9H16N4O4S2. The van der Waals surface area contributed by atoms with Crippen molar-refractivity contribution >= 4 is 20.0 Å². The summed E-state index contributed by atoms with van der Waals surface area (Å²) < 4.78 is 50.4. The van der Waals surface area contributed by atoms with Gasteiger partial charge in [0.25, 0.3) is 0 Å². The lowest BCUT2D eigenvalue weighted by Gasteiger charge is -2.30. The normalized spacial score (nSPS) is 19.6. The third-order valence-electron chi connectivity index (χ3n) is 2.95. The van der Waals surface area contributed by atoms with Crippen molar-refractivity contribution in [1.29, 1.82) is 0 Å². The number of sulfonamides is 2. The molecule has 0 unspecified atom stereocenters. The predicted molar refractivity (Wildman–Crippen MR) is 68.3 cm³/mol. The first-order chi connectivity index (χ1) is 8.79. The molecule has 108 valence electrons. The molecule has 1 fully saturated rings. The Labute approximate surface area is 112 Å². The molecule has 2 N–H and O–H groups in total.